The molecule has 1 aliphatic rings. The van der Waals surface area contributed by atoms with Crippen LogP contribution in [0.1, 0.15) is 12.8 Å². The number of halogens is 1. The second-order valence-corrected chi connectivity index (χ2v) is 2.69. The summed E-state index contributed by atoms with van der Waals surface area (Å²) >= 11 is 0. The highest BCUT2D eigenvalue weighted by atomic mass is 19.2. The highest BCUT2D eigenvalue weighted by Crippen LogP contribution is 2.07. The summed E-state index contributed by atoms with van der Waals surface area (Å²) in [6, 6.07) is 0.112. The zero-order valence-corrected chi connectivity index (χ0v) is 5.73. The van der Waals surface area contributed by atoms with Crippen molar-refractivity contribution in [3.8, 4) is 0 Å². The molecule has 0 aliphatic carbocycles. The molecule has 54 valence electrons. The summed E-state index contributed by atoms with van der Waals surface area (Å²) in [5.74, 6) is 0. The Kier molecular flexibility index (Phi) is 2.42. The molecule has 1 fully saturated rings. The predicted molar refractivity (Wildman–Crippen MR) is 34.8 cm³/mol. The lowest BCUT2D eigenvalue weighted by Crippen LogP contribution is -2.37. The molecule has 2 nitrogen and oxygen atoms in total. The fraction of sp³-hybridized carbons (Fsp3) is 1.00. The van der Waals surface area contributed by atoms with Crippen molar-refractivity contribution in [3.63, 3.8) is 0 Å². The van der Waals surface area contributed by atoms with Gasteiger partial charge in [-0.2, -0.15) is 5.54 Å². The molecule has 0 bridgehead atoms. The fourth-order valence-electron chi connectivity index (χ4n) is 1.12. The molecule has 0 aromatic carbocycles. The molecule has 9 heavy (non-hydrogen) atoms. The fourth-order valence-corrected chi connectivity index (χ4v) is 1.12. The van der Waals surface area contributed by atoms with Gasteiger partial charge in [-0.15, -0.1) is 4.48 Å². The van der Waals surface area contributed by atoms with E-state index in [2.05, 4.69) is 11.9 Å². The van der Waals surface area contributed by atoms with Crippen molar-refractivity contribution in [1.29, 1.82) is 0 Å². The van der Waals surface area contributed by atoms with Gasteiger partial charge in [0.2, 0.25) is 0 Å². The summed E-state index contributed by atoms with van der Waals surface area (Å²) in [5.41, 5.74) is 1.80. The van der Waals surface area contributed by atoms with Crippen molar-refractivity contribution in [3.05, 3.63) is 0 Å². The standard InChI is InChI=1S/C6H13FN2/c1-9-4-2-6(8-7)3-5-9/h6,8H,2-5H2,1H3. The van der Waals surface area contributed by atoms with Crippen molar-refractivity contribution in [2.75, 3.05) is 20.1 Å². The summed E-state index contributed by atoms with van der Waals surface area (Å²) in [4.78, 5) is 2.22. The Morgan fingerprint density at radius 2 is 2.00 bits per heavy atom. The molecule has 1 aliphatic heterocycles. The van der Waals surface area contributed by atoms with E-state index < -0.39 is 0 Å². The second-order valence-electron chi connectivity index (χ2n) is 2.69. The van der Waals surface area contributed by atoms with Gasteiger partial charge < -0.3 is 4.90 Å². The third kappa shape index (κ3) is 1.91. The van der Waals surface area contributed by atoms with E-state index >= 15 is 0 Å². The Hall–Kier alpha value is -0.150. The summed E-state index contributed by atoms with van der Waals surface area (Å²) in [5, 5.41) is 0. The van der Waals surface area contributed by atoms with E-state index in [0.717, 1.165) is 25.9 Å². The van der Waals surface area contributed by atoms with Crippen LogP contribution in [0.4, 0.5) is 4.48 Å². The minimum Gasteiger partial charge on any atom is -0.306 e. The lowest BCUT2D eigenvalue weighted by Gasteiger charge is -2.26. The third-order valence-corrected chi connectivity index (χ3v) is 1.87. The van der Waals surface area contributed by atoms with Crippen molar-refractivity contribution >= 4 is 0 Å². The number of nitrogens with zero attached hydrogens (tertiary/aromatic N) is 1. The molecule has 0 unspecified atom stereocenters. The first-order valence-corrected chi connectivity index (χ1v) is 3.37. The van der Waals surface area contributed by atoms with Crippen LogP contribution in [0.2, 0.25) is 0 Å². The molecule has 1 heterocycles. The monoisotopic (exact) mass is 132 g/mol. The van der Waals surface area contributed by atoms with Crippen LogP contribution in [-0.2, 0) is 0 Å². The molecule has 0 radical (unpaired) electrons. The summed E-state index contributed by atoms with van der Waals surface area (Å²) in [7, 11) is 2.06. The first-order valence-electron chi connectivity index (χ1n) is 3.37. The molecule has 3 heteroatoms. The zero-order chi connectivity index (χ0) is 6.69. The van der Waals surface area contributed by atoms with Crippen LogP contribution >= 0.6 is 0 Å². The number of piperidine rings is 1. The maximum atomic E-state index is 11.7. The van der Waals surface area contributed by atoms with E-state index in [-0.39, 0.29) is 6.04 Å². The Morgan fingerprint density at radius 3 is 2.44 bits per heavy atom. The maximum Gasteiger partial charge on any atom is 0.0396 e. The van der Waals surface area contributed by atoms with Gasteiger partial charge in [0.25, 0.3) is 0 Å². The van der Waals surface area contributed by atoms with Gasteiger partial charge in [-0.3, -0.25) is 0 Å². The Labute approximate surface area is 55.0 Å². The SMILES string of the molecule is CN1CCC(NF)CC1. The van der Waals surface area contributed by atoms with Gasteiger partial charge >= 0.3 is 0 Å². The minimum absolute atomic E-state index is 0.112. The van der Waals surface area contributed by atoms with E-state index in [1.54, 1.807) is 5.54 Å². The lowest BCUT2D eigenvalue weighted by atomic mass is 10.1. The summed E-state index contributed by atoms with van der Waals surface area (Å²) in [6.45, 7) is 2.03. The highest BCUT2D eigenvalue weighted by Gasteiger charge is 2.15. The van der Waals surface area contributed by atoms with Crippen LogP contribution in [-0.4, -0.2) is 31.1 Å². The average Bonchev–Trinajstić information content (AvgIpc) is 1.90. The van der Waals surface area contributed by atoms with Crippen molar-refractivity contribution in [2.24, 2.45) is 0 Å². The molecular formula is C6H13FN2. The third-order valence-electron chi connectivity index (χ3n) is 1.87. The quantitative estimate of drug-likeness (QED) is 0.524. The Morgan fingerprint density at radius 1 is 1.44 bits per heavy atom. The van der Waals surface area contributed by atoms with Gasteiger partial charge in [-0.1, -0.05) is 0 Å². The molecule has 1 rings (SSSR count). The molecular weight excluding hydrogens is 119 g/mol. The van der Waals surface area contributed by atoms with Crippen LogP contribution in [0, 0.1) is 0 Å². The minimum atomic E-state index is 0.112. The van der Waals surface area contributed by atoms with Gasteiger partial charge in [0, 0.05) is 6.04 Å². The molecule has 0 amide bonds. The first-order chi connectivity index (χ1) is 4.33. The van der Waals surface area contributed by atoms with Crippen molar-refractivity contribution in [1.82, 2.24) is 10.4 Å². The van der Waals surface area contributed by atoms with Crippen LogP contribution in [0.25, 0.3) is 0 Å². The molecule has 1 N–H and O–H groups in total. The highest BCUT2D eigenvalue weighted by molar-refractivity contribution is 4.71. The Balaban J connectivity index is 2.18. The maximum absolute atomic E-state index is 11.7. The number of rotatable bonds is 1. The van der Waals surface area contributed by atoms with Crippen molar-refractivity contribution < 1.29 is 4.48 Å². The van der Waals surface area contributed by atoms with Crippen LogP contribution in [0.3, 0.4) is 0 Å². The largest absolute Gasteiger partial charge is 0.306 e. The molecule has 1 saturated heterocycles. The number of hydrogen-bond acceptors (Lipinski definition) is 2. The number of hydrogen-bond donors (Lipinski definition) is 1. The van der Waals surface area contributed by atoms with Gasteiger partial charge in [0.15, 0.2) is 0 Å². The second kappa shape index (κ2) is 3.13. The normalized spacial score (nSPS) is 24.7. The van der Waals surface area contributed by atoms with E-state index in [0.29, 0.717) is 0 Å². The molecule has 0 spiro atoms. The smallest absolute Gasteiger partial charge is 0.0396 e. The zero-order valence-electron chi connectivity index (χ0n) is 5.73. The van der Waals surface area contributed by atoms with Gasteiger partial charge in [0.05, 0.1) is 0 Å². The van der Waals surface area contributed by atoms with Crippen LogP contribution in [0.5, 0.6) is 0 Å². The van der Waals surface area contributed by atoms with Crippen LogP contribution < -0.4 is 5.54 Å². The molecule has 0 saturated carbocycles. The van der Waals surface area contributed by atoms with Gasteiger partial charge in [-0.25, -0.2) is 0 Å². The van der Waals surface area contributed by atoms with E-state index in [1.165, 1.54) is 0 Å². The summed E-state index contributed by atoms with van der Waals surface area (Å²) in [6.07, 6.45) is 1.88. The molecule has 0 aromatic rings. The van der Waals surface area contributed by atoms with Crippen molar-refractivity contribution in [2.45, 2.75) is 18.9 Å². The van der Waals surface area contributed by atoms with Crippen LogP contribution in [0.15, 0.2) is 0 Å². The topological polar surface area (TPSA) is 15.3 Å². The van der Waals surface area contributed by atoms with Gasteiger partial charge in [0.1, 0.15) is 0 Å². The van der Waals surface area contributed by atoms with Gasteiger partial charge in [-0.05, 0) is 33.0 Å². The first kappa shape index (κ1) is 6.96. The molecule has 0 atom stereocenters. The number of nitrogens with one attached hydrogen (secondary N) is 1. The van der Waals surface area contributed by atoms with E-state index in [4.69, 9.17) is 0 Å². The van der Waals surface area contributed by atoms with E-state index in [1.807, 2.05) is 0 Å². The summed E-state index contributed by atoms with van der Waals surface area (Å²) < 4.78 is 11.7. The molecule has 0 aromatic heterocycles. The average molecular weight is 132 g/mol. The number of likely N-dealkylation sites (tertiary alicyclic amines) is 1. The van der Waals surface area contributed by atoms with E-state index in [9.17, 15) is 4.48 Å². The lowest BCUT2D eigenvalue weighted by molar-refractivity contribution is 0.174. The predicted octanol–water partition coefficient (Wildman–Crippen LogP) is 0.555. The Bertz CT molecular complexity index is 79.1.